The van der Waals surface area contributed by atoms with E-state index in [0.29, 0.717) is 17.4 Å². The first kappa shape index (κ1) is 12.3. The van der Waals surface area contributed by atoms with Crippen LogP contribution in [0.25, 0.3) is 11.5 Å². The molecule has 3 aromatic rings. The zero-order valence-corrected chi connectivity index (χ0v) is 10.9. The van der Waals surface area contributed by atoms with Crippen LogP contribution in [0.4, 0.5) is 0 Å². The van der Waals surface area contributed by atoms with Crippen molar-refractivity contribution in [3.63, 3.8) is 0 Å². The van der Waals surface area contributed by atoms with E-state index in [0.717, 1.165) is 5.75 Å². The molecule has 2 heterocycles. The summed E-state index contributed by atoms with van der Waals surface area (Å²) in [7, 11) is 0. The van der Waals surface area contributed by atoms with Gasteiger partial charge in [0, 0.05) is 6.20 Å². The molecule has 2 aromatic heterocycles. The normalized spacial score (nSPS) is 12.1. The molecule has 0 unspecified atom stereocenters. The topological polar surface area (TPSA) is 61.0 Å². The minimum absolute atomic E-state index is 0.317. The third kappa shape index (κ3) is 2.66. The van der Waals surface area contributed by atoms with Crippen molar-refractivity contribution in [2.75, 3.05) is 0 Å². The molecule has 0 amide bonds. The zero-order chi connectivity index (χ0) is 13.8. The van der Waals surface area contributed by atoms with Gasteiger partial charge in [0.05, 0.1) is 0 Å². The van der Waals surface area contributed by atoms with Crippen LogP contribution in [0.15, 0.2) is 59.3 Å². The summed E-state index contributed by atoms with van der Waals surface area (Å²) >= 11 is 0. The van der Waals surface area contributed by atoms with Crippen LogP contribution in [-0.2, 0) is 0 Å². The van der Waals surface area contributed by atoms with Crippen molar-refractivity contribution in [2.24, 2.45) is 0 Å². The number of aromatic nitrogens is 3. The van der Waals surface area contributed by atoms with Gasteiger partial charge in [0.25, 0.3) is 5.89 Å². The molecule has 5 nitrogen and oxygen atoms in total. The highest BCUT2D eigenvalue weighted by molar-refractivity contribution is 5.47. The van der Waals surface area contributed by atoms with E-state index in [-0.39, 0.29) is 6.10 Å². The summed E-state index contributed by atoms with van der Waals surface area (Å²) in [5, 5.41) is 3.92. The van der Waals surface area contributed by atoms with Gasteiger partial charge in [0.15, 0.2) is 6.10 Å². The second-order valence-corrected chi connectivity index (χ2v) is 4.24. The summed E-state index contributed by atoms with van der Waals surface area (Å²) in [6.45, 7) is 1.86. The number of hydrogen-bond acceptors (Lipinski definition) is 5. The monoisotopic (exact) mass is 267 g/mol. The van der Waals surface area contributed by atoms with Crippen LogP contribution in [-0.4, -0.2) is 15.1 Å². The number of rotatable bonds is 4. The lowest BCUT2D eigenvalue weighted by Crippen LogP contribution is -2.03. The Balaban J connectivity index is 1.77. The van der Waals surface area contributed by atoms with Gasteiger partial charge in [0.2, 0.25) is 5.82 Å². The second kappa shape index (κ2) is 5.52. The first-order chi connectivity index (χ1) is 9.83. The Morgan fingerprint density at radius 3 is 2.60 bits per heavy atom. The van der Waals surface area contributed by atoms with Crippen LogP contribution >= 0.6 is 0 Å². The van der Waals surface area contributed by atoms with Crippen molar-refractivity contribution >= 4 is 0 Å². The smallest absolute Gasteiger partial charge is 0.267 e. The number of pyridine rings is 1. The number of benzene rings is 1. The van der Waals surface area contributed by atoms with Crippen LogP contribution in [0.5, 0.6) is 5.75 Å². The molecule has 5 heteroatoms. The molecule has 20 heavy (non-hydrogen) atoms. The highest BCUT2D eigenvalue weighted by Gasteiger charge is 2.17. The molecule has 0 spiro atoms. The van der Waals surface area contributed by atoms with Gasteiger partial charge >= 0.3 is 0 Å². The van der Waals surface area contributed by atoms with Crippen molar-refractivity contribution < 1.29 is 9.26 Å². The highest BCUT2D eigenvalue weighted by Crippen LogP contribution is 2.21. The Morgan fingerprint density at radius 1 is 1.05 bits per heavy atom. The van der Waals surface area contributed by atoms with Gasteiger partial charge in [-0.05, 0) is 31.2 Å². The summed E-state index contributed by atoms with van der Waals surface area (Å²) in [5.74, 6) is 1.65. The van der Waals surface area contributed by atoms with E-state index in [2.05, 4.69) is 15.1 Å². The number of para-hydroxylation sites is 1. The Kier molecular flexibility index (Phi) is 3.41. The molecule has 0 bridgehead atoms. The molecule has 0 saturated heterocycles. The first-order valence-corrected chi connectivity index (χ1v) is 6.29. The quantitative estimate of drug-likeness (QED) is 0.726. The molecule has 1 atom stereocenters. The standard InChI is InChI=1S/C15H13N3O2/c1-11(19-12-7-3-2-4-8-12)15-17-14(18-20-15)13-9-5-6-10-16-13/h2-11H,1H3/t11-/m1/s1. The summed E-state index contributed by atoms with van der Waals surface area (Å²) in [5.41, 5.74) is 0.675. The first-order valence-electron chi connectivity index (χ1n) is 6.29. The lowest BCUT2D eigenvalue weighted by atomic mass is 10.3. The van der Waals surface area contributed by atoms with Gasteiger partial charge in [0.1, 0.15) is 11.4 Å². The second-order valence-electron chi connectivity index (χ2n) is 4.24. The molecule has 3 rings (SSSR count). The van der Waals surface area contributed by atoms with Crippen molar-refractivity contribution in [3.05, 3.63) is 60.6 Å². The van der Waals surface area contributed by atoms with Crippen LogP contribution in [0.2, 0.25) is 0 Å². The largest absolute Gasteiger partial charge is 0.481 e. The van der Waals surface area contributed by atoms with E-state index in [1.807, 2.05) is 55.5 Å². The summed E-state index contributed by atoms with van der Waals surface area (Å²) in [6, 6.07) is 15.1. The maximum Gasteiger partial charge on any atom is 0.267 e. The lowest BCUT2D eigenvalue weighted by Gasteiger charge is -2.09. The van der Waals surface area contributed by atoms with Gasteiger partial charge in [-0.25, -0.2) is 0 Å². The third-order valence-corrected chi connectivity index (χ3v) is 2.74. The predicted molar refractivity (Wildman–Crippen MR) is 73.0 cm³/mol. The van der Waals surface area contributed by atoms with Crippen LogP contribution in [0, 0.1) is 0 Å². The predicted octanol–water partition coefficient (Wildman–Crippen LogP) is 3.27. The number of hydrogen-bond donors (Lipinski definition) is 0. The van der Waals surface area contributed by atoms with Crippen molar-refractivity contribution in [3.8, 4) is 17.3 Å². The van der Waals surface area contributed by atoms with Crippen molar-refractivity contribution in [1.82, 2.24) is 15.1 Å². The fraction of sp³-hybridized carbons (Fsp3) is 0.133. The molecule has 0 N–H and O–H groups in total. The Morgan fingerprint density at radius 2 is 1.85 bits per heavy atom. The minimum Gasteiger partial charge on any atom is -0.481 e. The van der Waals surface area contributed by atoms with E-state index in [1.165, 1.54) is 0 Å². The molecule has 1 aromatic carbocycles. The zero-order valence-electron chi connectivity index (χ0n) is 10.9. The minimum atomic E-state index is -0.317. The molecule has 0 radical (unpaired) electrons. The third-order valence-electron chi connectivity index (χ3n) is 2.74. The van der Waals surface area contributed by atoms with E-state index in [4.69, 9.17) is 9.26 Å². The summed E-state index contributed by atoms with van der Waals surface area (Å²) < 4.78 is 11.0. The van der Waals surface area contributed by atoms with E-state index in [9.17, 15) is 0 Å². The molecule has 0 saturated carbocycles. The van der Waals surface area contributed by atoms with Crippen LogP contribution < -0.4 is 4.74 Å². The molecule has 0 aliphatic rings. The van der Waals surface area contributed by atoms with Gasteiger partial charge in [-0.3, -0.25) is 4.98 Å². The summed E-state index contributed by atoms with van der Waals surface area (Å²) in [6.07, 6.45) is 1.37. The maximum absolute atomic E-state index is 5.73. The Labute approximate surface area is 116 Å². The lowest BCUT2D eigenvalue weighted by molar-refractivity contribution is 0.176. The fourth-order valence-corrected chi connectivity index (χ4v) is 1.75. The van der Waals surface area contributed by atoms with Crippen molar-refractivity contribution in [1.29, 1.82) is 0 Å². The maximum atomic E-state index is 5.73. The Hall–Kier alpha value is -2.69. The highest BCUT2D eigenvalue weighted by atomic mass is 16.5. The molecular weight excluding hydrogens is 254 g/mol. The van der Waals surface area contributed by atoms with Gasteiger partial charge in [-0.2, -0.15) is 4.98 Å². The van der Waals surface area contributed by atoms with Crippen molar-refractivity contribution in [2.45, 2.75) is 13.0 Å². The summed E-state index contributed by atoms with van der Waals surface area (Å²) in [4.78, 5) is 8.49. The molecule has 0 fully saturated rings. The number of nitrogens with zero attached hydrogens (tertiary/aromatic N) is 3. The average Bonchev–Trinajstić information content (AvgIpc) is 2.99. The van der Waals surface area contributed by atoms with E-state index >= 15 is 0 Å². The van der Waals surface area contributed by atoms with Gasteiger partial charge in [-0.1, -0.05) is 29.4 Å². The van der Waals surface area contributed by atoms with Gasteiger partial charge in [-0.15, -0.1) is 0 Å². The SMILES string of the molecule is C[C@@H](Oc1ccccc1)c1nc(-c2ccccn2)no1. The van der Waals surface area contributed by atoms with E-state index in [1.54, 1.807) is 6.20 Å². The van der Waals surface area contributed by atoms with Crippen LogP contribution in [0.1, 0.15) is 18.9 Å². The molecule has 0 aliphatic heterocycles. The van der Waals surface area contributed by atoms with Gasteiger partial charge < -0.3 is 9.26 Å². The molecule has 100 valence electrons. The fourth-order valence-electron chi connectivity index (χ4n) is 1.75. The van der Waals surface area contributed by atoms with Crippen LogP contribution in [0.3, 0.4) is 0 Å². The van der Waals surface area contributed by atoms with E-state index < -0.39 is 0 Å². The average molecular weight is 267 g/mol. The molecular formula is C15H13N3O2. The molecule has 0 aliphatic carbocycles. The Bertz CT molecular complexity index is 668. The number of ether oxygens (including phenoxy) is 1.